The molecule has 0 radical (unpaired) electrons. The normalized spacial score (nSPS) is 15.8. The molecule has 0 saturated heterocycles. The minimum Gasteiger partial charge on any atom is -0.391 e. The van der Waals surface area contributed by atoms with Crippen LogP contribution in [-0.2, 0) is 0 Å². The number of rotatable bonds is 4. The maximum absolute atomic E-state index is 11.8. The van der Waals surface area contributed by atoms with Gasteiger partial charge in [-0.15, -0.1) is 0 Å². The molecule has 1 unspecified atom stereocenters. The molecular formula is C13H16N2O3. The summed E-state index contributed by atoms with van der Waals surface area (Å²) in [6.45, 7) is 2.32. The molecule has 2 rings (SSSR count). The van der Waals surface area contributed by atoms with Crippen LogP contribution in [0.5, 0.6) is 0 Å². The summed E-state index contributed by atoms with van der Waals surface area (Å²) in [5, 5.41) is 12.5. The Morgan fingerprint density at radius 2 is 1.94 bits per heavy atom. The molecule has 18 heavy (non-hydrogen) atoms. The summed E-state index contributed by atoms with van der Waals surface area (Å²) >= 11 is 0. The highest BCUT2D eigenvalue weighted by molar-refractivity contribution is 6.21. The van der Waals surface area contributed by atoms with Gasteiger partial charge in [0.2, 0.25) is 0 Å². The third-order valence-corrected chi connectivity index (χ3v) is 3.10. The predicted octanol–water partition coefficient (Wildman–Crippen LogP) is 1.10. The number of hydrogen-bond acceptors (Lipinski definition) is 4. The molecule has 0 aromatic heterocycles. The Kier molecular flexibility index (Phi) is 3.34. The fourth-order valence-corrected chi connectivity index (χ4v) is 1.85. The van der Waals surface area contributed by atoms with Gasteiger partial charge in [-0.05, 0) is 24.6 Å². The Morgan fingerprint density at radius 3 is 2.61 bits per heavy atom. The SMILES string of the molecule is CCC(O)CNc1ccc2c(c1)C(=O)N(C)C2=O. The average molecular weight is 248 g/mol. The first-order valence-corrected chi connectivity index (χ1v) is 5.93. The molecule has 0 fully saturated rings. The van der Waals surface area contributed by atoms with E-state index in [1.807, 2.05) is 6.92 Å². The topological polar surface area (TPSA) is 69.6 Å². The molecule has 0 aliphatic carbocycles. The molecule has 1 aromatic rings. The zero-order valence-electron chi connectivity index (χ0n) is 10.4. The van der Waals surface area contributed by atoms with Crippen molar-refractivity contribution in [1.82, 2.24) is 4.90 Å². The van der Waals surface area contributed by atoms with Gasteiger partial charge in [-0.2, -0.15) is 0 Å². The zero-order valence-corrected chi connectivity index (χ0v) is 10.4. The molecular weight excluding hydrogens is 232 g/mol. The van der Waals surface area contributed by atoms with Gasteiger partial charge in [0.05, 0.1) is 17.2 Å². The van der Waals surface area contributed by atoms with Gasteiger partial charge >= 0.3 is 0 Å². The Balaban J connectivity index is 2.19. The number of aliphatic hydroxyl groups is 1. The summed E-state index contributed by atoms with van der Waals surface area (Å²) in [5.41, 5.74) is 1.58. The molecule has 5 heteroatoms. The lowest BCUT2D eigenvalue weighted by atomic mass is 10.1. The lowest BCUT2D eigenvalue weighted by Crippen LogP contribution is -2.24. The van der Waals surface area contributed by atoms with Crippen LogP contribution >= 0.6 is 0 Å². The van der Waals surface area contributed by atoms with Crippen molar-refractivity contribution in [2.45, 2.75) is 19.4 Å². The highest BCUT2D eigenvalue weighted by Gasteiger charge is 2.32. The van der Waals surface area contributed by atoms with Crippen LogP contribution in [0, 0.1) is 0 Å². The maximum atomic E-state index is 11.8. The molecule has 0 saturated carbocycles. The van der Waals surface area contributed by atoms with Gasteiger partial charge < -0.3 is 10.4 Å². The van der Waals surface area contributed by atoms with Crippen molar-refractivity contribution >= 4 is 17.5 Å². The van der Waals surface area contributed by atoms with E-state index in [1.54, 1.807) is 18.2 Å². The van der Waals surface area contributed by atoms with Crippen LogP contribution in [0.3, 0.4) is 0 Å². The molecule has 1 aliphatic heterocycles. The largest absolute Gasteiger partial charge is 0.391 e. The van der Waals surface area contributed by atoms with Crippen molar-refractivity contribution in [2.75, 3.05) is 18.9 Å². The van der Waals surface area contributed by atoms with Gasteiger partial charge in [0.1, 0.15) is 0 Å². The van der Waals surface area contributed by atoms with E-state index in [0.29, 0.717) is 24.1 Å². The molecule has 5 nitrogen and oxygen atoms in total. The number of nitrogens with one attached hydrogen (secondary N) is 1. The zero-order chi connectivity index (χ0) is 13.3. The fourth-order valence-electron chi connectivity index (χ4n) is 1.85. The van der Waals surface area contributed by atoms with Gasteiger partial charge in [0, 0.05) is 19.3 Å². The van der Waals surface area contributed by atoms with Crippen LogP contribution in [0.15, 0.2) is 18.2 Å². The fraction of sp³-hybridized carbons (Fsp3) is 0.385. The lowest BCUT2D eigenvalue weighted by molar-refractivity contribution is 0.0693. The minimum atomic E-state index is -0.418. The number of amides is 2. The standard InChI is InChI=1S/C13H16N2O3/c1-3-9(16)7-14-8-4-5-10-11(6-8)13(18)15(2)12(10)17/h4-6,9,14,16H,3,7H2,1-2H3. The third kappa shape index (κ3) is 2.09. The average Bonchev–Trinajstić information content (AvgIpc) is 2.61. The van der Waals surface area contributed by atoms with Gasteiger partial charge in [0.25, 0.3) is 11.8 Å². The summed E-state index contributed by atoms with van der Waals surface area (Å²) in [4.78, 5) is 24.6. The molecule has 1 atom stereocenters. The maximum Gasteiger partial charge on any atom is 0.261 e. The van der Waals surface area contributed by atoms with Crippen LogP contribution < -0.4 is 5.32 Å². The molecule has 0 spiro atoms. The Labute approximate surface area is 105 Å². The van der Waals surface area contributed by atoms with E-state index in [1.165, 1.54) is 7.05 Å². The van der Waals surface area contributed by atoms with Gasteiger partial charge in [-0.1, -0.05) is 6.92 Å². The number of hydrogen-bond donors (Lipinski definition) is 2. The number of carbonyl (C=O) groups excluding carboxylic acids is 2. The second-order valence-electron chi connectivity index (χ2n) is 4.37. The Morgan fingerprint density at radius 1 is 1.28 bits per heavy atom. The Bertz CT molecular complexity index is 499. The van der Waals surface area contributed by atoms with Gasteiger partial charge in [0.15, 0.2) is 0 Å². The molecule has 0 bridgehead atoms. The Hall–Kier alpha value is -1.88. The van der Waals surface area contributed by atoms with E-state index >= 15 is 0 Å². The highest BCUT2D eigenvalue weighted by Crippen LogP contribution is 2.24. The van der Waals surface area contributed by atoms with Crippen LogP contribution in [0.2, 0.25) is 0 Å². The molecule has 2 N–H and O–H groups in total. The number of anilines is 1. The van der Waals surface area contributed by atoms with Crippen molar-refractivity contribution in [2.24, 2.45) is 0 Å². The van der Waals surface area contributed by atoms with Crippen LogP contribution in [-0.4, -0.2) is 41.5 Å². The van der Waals surface area contributed by atoms with Crippen molar-refractivity contribution in [1.29, 1.82) is 0 Å². The van der Waals surface area contributed by atoms with Crippen LogP contribution in [0.1, 0.15) is 34.1 Å². The highest BCUT2D eigenvalue weighted by atomic mass is 16.3. The summed E-state index contributed by atoms with van der Waals surface area (Å²) < 4.78 is 0. The number of carbonyl (C=O) groups is 2. The molecule has 96 valence electrons. The second-order valence-corrected chi connectivity index (χ2v) is 4.37. The van der Waals surface area contributed by atoms with Crippen molar-refractivity contribution in [3.05, 3.63) is 29.3 Å². The number of benzene rings is 1. The number of nitrogens with zero attached hydrogens (tertiary/aromatic N) is 1. The van der Waals surface area contributed by atoms with Crippen molar-refractivity contribution in [3.8, 4) is 0 Å². The second kappa shape index (κ2) is 4.78. The van der Waals surface area contributed by atoms with E-state index in [4.69, 9.17) is 0 Å². The molecule has 1 heterocycles. The van der Waals surface area contributed by atoms with E-state index < -0.39 is 6.10 Å². The quantitative estimate of drug-likeness (QED) is 0.783. The first-order chi connectivity index (χ1) is 8.54. The summed E-state index contributed by atoms with van der Waals surface area (Å²) in [7, 11) is 1.47. The summed E-state index contributed by atoms with van der Waals surface area (Å²) in [5.74, 6) is -0.551. The third-order valence-electron chi connectivity index (χ3n) is 3.10. The molecule has 1 aromatic carbocycles. The predicted molar refractivity (Wildman–Crippen MR) is 67.7 cm³/mol. The van der Waals surface area contributed by atoms with Crippen molar-refractivity contribution < 1.29 is 14.7 Å². The number of aliphatic hydroxyl groups excluding tert-OH is 1. The van der Waals surface area contributed by atoms with E-state index in [2.05, 4.69) is 5.32 Å². The molecule has 1 aliphatic rings. The first-order valence-electron chi connectivity index (χ1n) is 5.93. The molecule has 2 amide bonds. The smallest absolute Gasteiger partial charge is 0.261 e. The van der Waals surface area contributed by atoms with Crippen molar-refractivity contribution in [3.63, 3.8) is 0 Å². The minimum absolute atomic E-state index is 0.268. The van der Waals surface area contributed by atoms with Crippen LogP contribution in [0.25, 0.3) is 0 Å². The monoisotopic (exact) mass is 248 g/mol. The van der Waals surface area contributed by atoms with Gasteiger partial charge in [-0.3, -0.25) is 14.5 Å². The van der Waals surface area contributed by atoms with Crippen LogP contribution in [0.4, 0.5) is 5.69 Å². The lowest BCUT2D eigenvalue weighted by Gasteiger charge is -2.11. The van der Waals surface area contributed by atoms with Gasteiger partial charge in [-0.25, -0.2) is 0 Å². The number of fused-ring (bicyclic) bond motifs is 1. The van der Waals surface area contributed by atoms with E-state index in [0.717, 1.165) is 10.6 Å². The van der Waals surface area contributed by atoms with E-state index in [-0.39, 0.29) is 11.8 Å². The summed E-state index contributed by atoms with van der Waals surface area (Å²) in [6.07, 6.45) is 0.247. The first kappa shape index (κ1) is 12.6. The number of imide groups is 1. The van der Waals surface area contributed by atoms with E-state index in [9.17, 15) is 14.7 Å². The summed E-state index contributed by atoms with van der Waals surface area (Å²) in [6, 6.07) is 5.03.